The lowest BCUT2D eigenvalue weighted by Crippen LogP contribution is -2.39. The summed E-state index contributed by atoms with van der Waals surface area (Å²) in [5, 5.41) is 10.1. The SMILES string of the molecule is CC1=NC2=C(C(=O)CC(C)(C)C2)[C@@H](c2cccc(O)c2)C1C(=O)OCc1ccccc1. The Kier molecular flexibility index (Phi) is 5.52. The lowest BCUT2D eigenvalue weighted by atomic mass is 9.67. The second kappa shape index (κ2) is 8.14. The van der Waals surface area contributed by atoms with Gasteiger partial charge >= 0.3 is 5.97 Å². The summed E-state index contributed by atoms with van der Waals surface area (Å²) in [6, 6.07) is 16.3. The summed E-state index contributed by atoms with van der Waals surface area (Å²) in [7, 11) is 0. The van der Waals surface area contributed by atoms with E-state index < -0.39 is 17.8 Å². The van der Waals surface area contributed by atoms with Crippen LogP contribution in [0, 0.1) is 11.3 Å². The Balaban J connectivity index is 1.73. The van der Waals surface area contributed by atoms with Gasteiger partial charge in [0.05, 0.1) is 0 Å². The van der Waals surface area contributed by atoms with E-state index in [2.05, 4.69) is 13.8 Å². The molecule has 1 aliphatic carbocycles. The van der Waals surface area contributed by atoms with Crippen molar-refractivity contribution >= 4 is 17.5 Å². The van der Waals surface area contributed by atoms with Gasteiger partial charge in [0.2, 0.25) is 0 Å². The van der Waals surface area contributed by atoms with Gasteiger partial charge in [0.25, 0.3) is 0 Å². The maximum absolute atomic E-state index is 13.3. The number of Topliss-reactive ketones (excluding diaryl/α,β-unsaturated/α-hetero) is 1. The average Bonchev–Trinajstić information content (AvgIpc) is 2.71. The maximum atomic E-state index is 13.3. The van der Waals surface area contributed by atoms with E-state index >= 15 is 0 Å². The molecule has 1 aliphatic heterocycles. The zero-order valence-electron chi connectivity index (χ0n) is 18.1. The van der Waals surface area contributed by atoms with Crippen LogP contribution in [-0.4, -0.2) is 22.6 Å². The van der Waals surface area contributed by atoms with Crippen molar-refractivity contribution in [1.82, 2.24) is 0 Å². The standard InChI is InChI=1S/C26H27NO4/c1-16-22(25(30)31-15-17-8-5-4-6-9-17)23(18-10-7-11-19(28)12-18)24-20(27-16)13-26(2,3)14-21(24)29/h4-12,22-23,28H,13-15H2,1-3H3/t22?,23-/m0/s1. The minimum absolute atomic E-state index is 0.0108. The van der Waals surface area contributed by atoms with E-state index in [-0.39, 0.29) is 23.6 Å². The Morgan fingerprint density at radius 1 is 1.13 bits per heavy atom. The number of allylic oxidation sites excluding steroid dienone is 2. The molecule has 0 spiro atoms. The summed E-state index contributed by atoms with van der Waals surface area (Å²) in [6.45, 7) is 6.09. The van der Waals surface area contributed by atoms with Crippen LogP contribution in [0.2, 0.25) is 0 Å². The zero-order valence-corrected chi connectivity index (χ0v) is 18.1. The fraction of sp³-hybridized carbons (Fsp3) is 0.346. The predicted molar refractivity (Wildman–Crippen MR) is 119 cm³/mol. The third-order valence-corrected chi connectivity index (χ3v) is 6.01. The molecule has 0 saturated carbocycles. The number of rotatable bonds is 4. The molecule has 0 saturated heterocycles. The highest BCUT2D eigenvalue weighted by Crippen LogP contribution is 2.48. The van der Waals surface area contributed by atoms with Crippen LogP contribution in [0.3, 0.4) is 0 Å². The third kappa shape index (κ3) is 4.31. The van der Waals surface area contributed by atoms with Crippen molar-refractivity contribution in [1.29, 1.82) is 0 Å². The van der Waals surface area contributed by atoms with Gasteiger partial charge in [-0.1, -0.05) is 56.3 Å². The number of aliphatic imine (C=N–C) groups is 1. The number of carbonyl (C=O) groups is 2. The van der Waals surface area contributed by atoms with Crippen molar-refractivity contribution in [2.24, 2.45) is 16.3 Å². The van der Waals surface area contributed by atoms with Gasteiger partial charge in [-0.05, 0) is 42.0 Å². The van der Waals surface area contributed by atoms with E-state index in [4.69, 9.17) is 9.73 Å². The Hall–Kier alpha value is -3.21. The third-order valence-electron chi connectivity index (χ3n) is 6.01. The molecule has 2 aromatic rings. The van der Waals surface area contributed by atoms with Gasteiger partial charge in [-0.3, -0.25) is 14.6 Å². The first-order valence-corrected chi connectivity index (χ1v) is 10.6. The number of aromatic hydroxyl groups is 1. The molecule has 5 heteroatoms. The number of ketones is 1. The highest BCUT2D eigenvalue weighted by atomic mass is 16.5. The lowest BCUT2D eigenvalue weighted by Gasteiger charge is -2.39. The smallest absolute Gasteiger partial charge is 0.315 e. The van der Waals surface area contributed by atoms with Crippen molar-refractivity contribution in [2.45, 2.75) is 46.1 Å². The van der Waals surface area contributed by atoms with Crippen molar-refractivity contribution in [3.8, 4) is 5.75 Å². The molecule has 0 radical (unpaired) electrons. The number of esters is 1. The summed E-state index contributed by atoms with van der Waals surface area (Å²) in [5.41, 5.74) is 3.40. The van der Waals surface area contributed by atoms with Crippen LogP contribution in [-0.2, 0) is 20.9 Å². The Morgan fingerprint density at radius 3 is 2.58 bits per heavy atom. The first-order valence-electron chi connectivity index (χ1n) is 10.6. The Bertz CT molecular complexity index is 1080. The van der Waals surface area contributed by atoms with Crippen LogP contribution in [0.25, 0.3) is 0 Å². The molecule has 2 atom stereocenters. The molecule has 0 amide bonds. The van der Waals surface area contributed by atoms with Crippen molar-refractivity contribution < 1.29 is 19.4 Å². The maximum Gasteiger partial charge on any atom is 0.315 e. The molecule has 1 heterocycles. The number of hydrogen-bond donors (Lipinski definition) is 1. The quantitative estimate of drug-likeness (QED) is 0.714. The molecular weight excluding hydrogens is 390 g/mol. The van der Waals surface area contributed by atoms with Gasteiger partial charge in [0.15, 0.2) is 5.78 Å². The van der Waals surface area contributed by atoms with Crippen molar-refractivity contribution in [3.05, 3.63) is 77.0 Å². The monoisotopic (exact) mass is 417 g/mol. The van der Waals surface area contributed by atoms with E-state index in [1.165, 1.54) is 0 Å². The fourth-order valence-electron chi connectivity index (χ4n) is 4.65. The van der Waals surface area contributed by atoms with Crippen LogP contribution in [0.15, 0.2) is 70.9 Å². The number of phenolic OH excluding ortho intramolecular Hbond substituents is 1. The van der Waals surface area contributed by atoms with Crippen LogP contribution in [0.5, 0.6) is 5.75 Å². The first kappa shape index (κ1) is 21.0. The van der Waals surface area contributed by atoms with Gasteiger partial charge in [-0.25, -0.2) is 0 Å². The minimum atomic E-state index is -0.713. The highest BCUT2D eigenvalue weighted by Gasteiger charge is 2.46. The van der Waals surface area contributed by atoms with E-state index in [1.54, 1.807) is 18.2 Å². The molecule has 2 aromatic carbocycles. The summed E-state index contributed by atoms with van der Waals surface area (Å²) in [5.74, 6) is -1.54. The van der Waals surface area contributed by atoms with E-state index in [0.717, 1.165) is 16.8 Å². The zero-order chi connectivity index (χ0) is 22.2. The summed E-state index contributed by atoms with van der Waals surface area (Å²) in [6.07, 6.45) is 1.08. The summed E-state index contributed by atoms with van der Waals surface area (Å²) >= 11 is 0. The first-order chi connectivity index (χ1) is 14.7. The summed E-state index contributed by atoms with van der Waals surface area (Å²) < 4.78 is 5.66. The molecule has 2 aliphatic rings. The van der Waals surface area contributed by atoms with Gasteiger partial charge in [0.1, 0.15) is 18.3 Å². The number of hydrogen-bond acceptors (Lipinski definition) is 5. The molecular formula is C26H27NO4. The van der Waals surface area contributed by atoms with Crippen LogP contribution < -0.4 is 0 Å². The van der Waals surface area contributed by atoms with Crippen molar-refractivity contribution in [3.63, 3.8) is 0 Å². The number of phenols is 1. The largest absolute Gasteiger partial charge is 0.508 e. The molecule has 160 valence electrons. The molecule has 1 unspecified atom stereocenters. The summed E-state index contributed by atoms with van der Waals surface area (Å²) in [4.78, 5) is 31.2. The average molecular weight is 418 g/mol. The second-order valence-corrected chi connectivity index (χ2v) is 9.20. The molecule has 5 nitrogen and oxygen atoms in total. The second-order valence-electron chi connectivity index (χ2n) is 9.20. The predicted octanol–water partition coefficient (Wildman–Crippen LogP) is 4.95. The van der Waals surface area contributed by atoms with E-state index in [0.29, 0.717) is 24.1 Å². The fourth-order valence-corrected chi connectivity index (χ4v) is 4.65. The number of ether oxygens (including phenoxy) is 1. The Labute approximate surface area is 182 Å². The number of benzene rings is 2. The van der Waals surface area contributed by atoms with E-state index in [9.17, 15) is 14.7 Å². The molecule has 0 fully saturated rings. The van der Waals surface area contributed by atoms with Crippen LogP contribution in [0.1, 0.15) is 50.7 Å². The number of carbonyl (C=O) groups excluding carboxylic acids is 2. The van der Waals surface area contributed by atoms with Crippen LogP contribution in [0.4, 0.5) is 0 Å². The Morgan fingerprint density at radius 2 is 1.87 bits per heavy atom. The normalized spacial score (nSPS) is 22.5. The van der Waals surface area contributed by atoms with Gasteiger partial charge < -0.3 is 9.84 Å². The molecule has 0 aromatic heterocycles. The van der Waals surface area contributed by atoms with Gasteiger partial charge in [-0.15, -0.1) is 0 Å². The lowest BCUT2D eigenvalue weighted by molar-refractivity contribution is -0.148. The highest BCUT2D eigenvalue weighted by molar-refractivity contribution is 6.09. The molecule has 31 heavy (non-hydrogen) atoms. The number of nitrogens with zero attached hydrogens (tertiary/aromatic N) is 1. The molecule has 4 rings (SSSR count). The topological polar surface area (TPSA) is 76.0 Å². The van der Waals surface area contributed by atoms with Gasteiger partial charge in [0, 0.05) is 29.3 Å². The van der Waals surface area contributed by atoms with E-state index in [1.807, 2.05) is 43.3 Å². The minimum Gasteiger partial charge on any atom is -0.508 e. The molecule has 0 bridgehead atoms. The van der Waals surface area contributed by atoms with Crippen LogP contribution >= 0.6 is 0 Å². The van der Waals surface area contributed by atoms with Crippen molar-refractivity contribution in [2.75, 3.05) is 0 Å². The van der Waals surface area contributed by atoms with Gasteiger partial charge in [-0.2, -0.15) is 0 Å². The molecule has 1 N–H and O–H groups in total.